The van der Waals surface area contributed by atoms with E-state index in [4.69, 9.17) is 0 Å². The van der Waals surface area contributed by atoms with Crippen molar-refractivity contribution in [2.45, 2.75) is 12.6 Å². The summed E-state index contributed by atoms with van der Waals surface area (Å²) in [6.45, 7) is 0.0460. The molecule has 3 aromatic rings. The Balaban J connectivity index is 1.82. The minimum absolute atomic E-state index is 0.0460. The Kier molecular flexibility index (Phi) is 5.36. The molecule has 4 rings (SSSR count). The predicted octanol–water partition coefficient (Wildman–Crippen LogP) is 3.14. The van der Waals surface area contributed by atoms with Gasteiger partial charge >= 0.3 is 0 Å². The molecular formula is C23H17N3O5. The maximum absolute atomic E-state index is 13.3. The molecule has 1 amide bonds. The number of hydrogen-bond donors (Lipinski definition) is 0. The number of pyridine rings is 1. The van der Waals surface area contributed by atoms with Crippen molar-refractivity contribution < 1.29 is 19.3 Å². The van der Waals surface area contributed by atoms with Crippen LogP contribution in [0.4, 0.5) is 5.69 Å². The molecule has 1 saturated heterocycles. The molecule has 2 unspecified atom stereocenters. The number of amides is 1. The molecule has 1 fully saturated rings. The Labute approximate surface area is 177 Å². The summed E-state index contributed by atoms with van der Waals surface area (Å²) in [4.78, 5) is 55.2. The summed E-state index contributed by atoms with van der Waals surface area (Å²) in [6.07, 6.45) is 3.15. The van der Waals surface area contributed by atoms with Gasteiger partial charge in [-0.15, -0.1) is 0 Å². The summed E-state index contributed by atoms with van der Waals surface area (Å²) in [6, 6.07) is 16.4. The molecule has 154 valence electrons. The van der Waals surface area contributed by atoms with E-state index in [0.29, 0.717) is 16.7 Å². The first-order valence-electron chi connectivity index (χ1n) is 9.54. The summed E-state index contributed by atoms with van der Waals surface area (Å²) in [5.74, 6) is -3.42. The molecule has 8 heteroatoms. The number of non-ortho nitro benzene ring substituents is 1. The number of nitrogens with zero attached hydrogens (tertiary/aromatic N) is 3. The minimum atomic E-state index is -1.30. The van der Waals surface area contributed by atoms with E-state index in [1.165, 1.54) is 23.1 Å². The molecule has 2 heterocycles. The van der Waals surface area contributed by atoms with Gasteiger partial charge in [-0.25, -0.2) is 0 Å². The number of likely N-dealkylation sites (tertiary alicyclic amines) is 1. The van der Waals surface area contributed by atoms with E-state index in [1.54, 1.807) is 60.9 Å². The summed E-state index contributed by atoms with van der Waals surface area (Å²) >= 11 is 0. The second-order valence-electron chi connectivity index (χ2n) is 7.16. The van der Waals surface area contributed by atoms with Crippen LogP contribution >= 0.6 is 0 Å². The number of ketones is 2. The van der Waals surface area contributed by atoms with Crippen molar-refractivity contribution in [3.8, 4) is 0 Å². The number of rotatable bonds is 6. The van der Waals surface area contributed by atoms with Crippen LogP contribution < -0.4 is 0 Å². The van der Waals surface area contributed by atoms with Gasteiger partial charge in [0.15, 0.2) is 5.78 Å². The lowest BCUT2D eigenvalue weighted by Crippen LogP contribution is -2.30. The van der Waals surface area contributed by atoms with E-state index >= 15 is 0 Å². The Hall–Kier alpha value is -4.20. The van der Waals surface area contributed by atoms with Crippen molar-refractivity contribution in [3.63, 3.8) is 0 Å². The monoisotopic (exact) mass is 415 g/mol. The van der Waals surface area contributed by atoms with Gasteiger partial charge in [0.1, 0.15) is 5.92 Å². The molecule has 2 aromatic carbocycles. The fourth-order valence-corrected chi connectivity index (χ4v) is 3.82. The standard InChI is InChI=1S/C23H17N3O5/c27-21(16-7-2-1-3-8-16)19-20(17-9-4-10-18(12-17)26(30)31)25(23(29)22(19)28)14-15-6-5-11-24-13-15/h1-13,19-20H,14H2. The summed E-state index contributed by atoms with van der Waals surface area (Å²) in [5, 5.41) is 11.3. The molecule has 31 heavy (non-hydrogen) atoms. The summed E-state index contributed by atoms with van der Waals surface area (Å²) in [7, 11) is 0. The number of benzene rings is 2. The zero-order chi connectivity index (χ0) is 22.0. The zero-order valence-corrected chi connectivity index (χ0v) is 16.3. The van der Waals surface area contributed by atoms with E-state index in [0.717, 1.165) is 0 Å². The normalized spacial score (nSPS) is 18.3. The molecule has 0 bridgehead atoms. The average Bonchev–Trinajstić information content (AvgIpc) is 3.05. The van der Waals surface area contributed by atoms with Gasteiger partial charge in [0, 0.05) is 36.6 Å². The van der Waals surface area contributed by atoms with Crippen LogP contribution in [0.1, 0.15) is 27.5 Å². The SMILES string of the molecule is O=C1C(=O)N(Cc2cccnc2)C(c2cccc([N+](=O)[O-])c2)C1C(=O)c1ccccc1. The molecule has 1 aliphatic heterocycles. The maximum Gasteiger partial charge on any atom is 0.291 e. The van der Waals surface area contributed by atoms with Gasteiger partial charge in [-0.2, -0.15) is 0 Å². The molecule has 0 radical (unpaired) electrons. The summed E-state index contributed by atoms with van der Waals surface area (Å²) < 4.78 is 0. The number of carbonyl (C=O) groups excluding carboxylic acids is 3. The van der Waals surface area contributed by atoms with Crippen LogP contribution in [0.25, 0.3) is 0 Å². The molecular weight excluding hydrogens is 398 g/mol. The number of carbonyl (C=O) groups is 3. The van der Waals surface area contributed by atoms with E-state index in [-0.39, 0.29) is 12.2 Å². The van der Waals surface area contributed by atoms with Crippen LogP contribution in [-0.2, 0) is 16.1 Å². The van der Waals surface area contributed by atoms with Crippen LogP contribution in [0.5, 0.6) is 0 Å². The first-order valence-corrected chi connectivity index (χ1v) is 9.54. The number of nitro groups is 1. The van der Waals surface area contributed by atoms with Gasteiger partial charge in [-0.3, -0.25) is 29.5 Å². The van der Waals surface area contributed by atoms with Crippen molar-refractivity contribution in [3.05, 3.63) is 106 Å². The highest BCUT2D eigenvalue weighted by Gasteiger charge is 2.51. The molecule has 1 aliphatic rings. The quantitative estimate of drug-likeness (QED) is 0.201. The highest BCUT2D eigenvalue weighted by Crippen LogP contribution is 2.40. The third-order valence-corrected chi connectivity index (χ3v) is 5.24. The molecule has 8 nitrogen and oxygen atoms in total. The van der Waals surface area contributed by atoms with E-state index in [2.05, 4.69) is 4.98 Å². The molecule has 0 aliphatic carbocycles. The predicted molar refractivity (Wildman–Crippen MR) is 110 cm³/mol. The van der Waals surface area contributed by atoms with Crippen molar-refractivity contribution in [2.75, 3.05) is 0 Å². The average molecular weight is 415 g/mol. The van der Waals surface area contributed by atoms with E-state index in [9.17, 15) is 24.5 Å². The molecule has 2 atom stereocenters. The molecule has 1 aromatic heterocycles. The molecule has 0 saturated carbocycles. The van der Waals surface area contributed by atoms with E-state index in [1.807, 2.05) is 0 Å². The fraction of sp³-hybridized carbons (Fsp3) is 0.130. The lowest BCUT2D eigenvalue weighted by molar-refractivity contribution is -0.385. The number of aromatic nitrogens is 1. The van der Waals surface area contributed by atoms with Crippen LogP contribution in [0, 0.1) is 16.0 Å². The molecule has 0 N–H and O–H groups in total. The summed E-state index contributed by atoms with van der Waals surface area (Å²) in [5.41, 5.74) is 1.14. The van der Waals surface area contributed by atoms with Crippen molar-refractivity contribution >= 4 is 23.2 Å². The highest BCUT2D eigenvalue weighted by atomic mass is 16.6. The topological polar surface area (TPSA) is 110 Å². The van der Waals surface area contributed by atoms with Crippen LogP contribution in [0.15, 0.2) is 79.1 Å². The first-order chi connectivity index (χ1) is 15.0. The largest absolute Gasteiger partial charge is 0.323 e. The number of Topliss-reactive ketones (excluding diaryl/α,β-unsaturated/α-hetero) is 2. The Morgan fingerprint density at radius 3 is 2.48 bits per heavy atom. The van der Waals surface area contributed by atoms with Crippen molar-refractivity contribution in [2.24, 2.45) is 5.92 Å². The first kappa shape index (κ1) is 20.1. The Morgan fingerprint density at radius 1 is 1.03 bits per heavy atom. The lowest BCUT2D eigenvalue weighted by atomic mass is 9.86. The zero-order valence-electron chi connectivity index (χ0n) is 16.3. The van der Waals surface area contributed by atoms with Gasteiger partial charge in [0.25, 0.3) is 11.6 Å². The fourth-order valence-electron chi connectivity index (χ4n) is 3.82. The van der Waals surface area contributed by atoms with E-state index < -0.39 is 34.4 Å². The van der Waals surface area contributed by atoms with Gasteiger partial charge in [0.2, 0.25) is 5.78 Å². The lowest BCUT2D eigenvalue weighted by Gasteiger charge is -2.27. The van der Waals surface area contributed by atoms with Crippen LogP contribution in [0.3, 0.4) is 0 Å². The van der Waals surface area contributed by atoms with Gasteiger partial charge in [0.05, 0.1) is 11.0 Å². The van der Waals surface area contributed by atoms with Gasteiger partial charge in [-0.1, -0.05) is 48.5 Å². The van der Waals surface area contributed by atoms with Crippen LogP contribution in [-0.4, -0.2) is 32.3 Å². The van der Waals surface area contributed by atoms with Crippen molar-refractivity contribution in [1.29, 1.82) is 0 Å². The van der Waals surface area contributed by atoms with Crippen molar-refractivity contribution in [1.82, 2.24) is 9.88 Å². The van der Waals surface area contributed by atoms with Gasteiger partial charge in [-0.05, 0) is 17.2 Å². The number of hydrogen-bond acceptors (Lipinski definition) is 6. The minimum Gasteiger partial charge on any atom is -0.323 e. The smallest absolute Gasteiger partial charge is 0.291 e. The second-order valence-corrected chi connectivity index (χ2v) is 7.16. The maximum atomic E-state index is 13.3. The molecule has 0 spiro atoms. The second kappa shape index (κ2) is 8.27. The van der Waals surface area contributed by atoms with Gasteiger partial charge < -0.3 is 4.90 Å². The van der Waals surface area contributed by atoms with Crippen LogP contribution in [0.2, 0.25) is 0 Å². The number of nitro benzene ring substituents is 1. The highest BCUT2D eigenvalue weighted by molar-refractivity contribution is 6.44. The third-order valence-electron chi connectivity index (χ3n) is 5.24. The third kappa shape index (κ3) is 3.83. The Bertz CT molecular complexity index is 1160. The Morgan fingerprint density at radius 2 is 1.81 bits per heavy atom.